The molecule has 0 radical (unpaired) electrons. The molecule has 114 valence electrons. The Hall–Kier alpha value is -1.34. The van der Waals surface area contributed by atoms with Gasteiger partial charge in [-0.1, -0.05) is 30.9 Å². The van der Waals surface area contributed by atoms with Crippen LogP contribution in [0.4, 0.5) is 0 Å². The van der Waals surface area contributed by atoms with E-state index in [1.165, 1.54) is 5.56 Å². The summed E-state index contributed by atoms with van der Waals surface area (Å²) in [5, 5.41) is 9.61. The summed E-state index contributed by atoms with van der Waals surface area (Å²) in [7, 11) is 0. The summed E-state index contributed by atoms with van der Waals surface area (Å²) >= 11 is 0. The molecule has 1 unspecified atom stereocenters. The Balaban J connectivity index is 1.94. The van der Waals surface area contributed by atoms with E-state index in [0.29, 0.717) is 6.10 Å². The van der Waals surface area contributed by atoms with Gasteiger partial charge in [0.15, 0.2) is 0 Å². The van der Waals surface area contributed by atoms with Crippen LogP contribution in [-0.4, -0.2) is 41.4 Å². The molecule has 2 rings (SSSR count). The third-order valence-corrected chi connectivity index (χ3v) is 3.55. The lowest BCUT2D eigenvalue weighted by Gasteiger charge is -2.32. The maximum absolute atomic E-state index is 9.61. The van der Waals surface area contributed by atoms with Crippen LogP contribution >= 0.6 is 0 Å². The number of ether oxygens (including phenoxy) is 1. The van der Waals surface area contributed by atoms with E-state index >= 15 is 0 Å². The topological polar surface area (TPSA) is 32.7 Å². The highest BCUT2D eigenvalue weighted by Gasteiger charge is 2.18. The second-order valence-corrected chi connectivity index (χ2v) is 6.14. The fraction of sp³-hybridized carbons (Fsp3) is 0.556. The highest BCUT2D eigenvalue weighted by molar-refractivity contribution is 5.37. The van der Waals surface area contributed by atoms with Gasteiger partial charge in [-0.25, -0.2) is 0 Å². The summed E-state index contributed by atoms with van der Waals surface area (Å²) < 4.78 is 5.69. The van der Waals surface area contributed by atoms with Crippen molar-refractivity contribution in [2.75, 3.05) is 19.7 Å². The smallest absolute Gasteiger partial charge is 0.120 e. The highest BCUT2D eigenvalue weighted by atomic mass is 16.5. The van der Waals surface area contributed by atoms with Crippen LogP contribution in [0, 0.1) is 11.8 Å². The molecule has 21 heavy (non-hydrogen) atoms. The summed E-state index contributed by atoms with van der Waals surface area (Å²) in [6.07, 6.45) is 1.44. The predicted octanol–water partition coefficient (Wildman–Crippen LogP) is 2.42. The molecule has 1 fully saturated rings. The molecule has 1 aliphatic rings. The first-order valence-corrected chi connectivity index (χ1v) is 7.65. The van der Waals surface area contributed by atoms with E-state index in [0.717, 1.165) is 38.2 Å². The van der Waals surface area contributed by atoms with E-state index in [1.54, 1.807) is 13.8 Å². The van der Waals surface area contributed by atoms with Gasteiger partial charge in [0.25, 0.3) is 0 Å². The average molecular weight is 287 g/mol. The molecule has 1 aliphatic heterocycles. The Kier molecular flexibility index (Phi) is 5.41. The van der Waals surface area contributed by atoms with Crippen molar-refractivity contribution in [1.82, 2.24) is 4.90 Å². The van der Waals surface area contributed by atoms with Crippen molar-refractivity contribution in [2.24, 2.45) is 0 Å². The van der Waals surface area contributed by atoms with Crippen LogP contribution in [0.25, 0.3) is 0 Å². The van der Waals surface area contributed by atoms with Crippen molar-refractivity contribution in [1.29, 1.82) is 0 Å². The second kappa shape index (κ2) is 7.09. The minimum absolute atomic E-state index is 0.371. The van der Waals surface area contributed by atoms with Crippen molar-refractivity contribution in [3.63, 3.8) is 0 Å². The van der Waals surface area contributed by atoms with E-state index in [1.807, 2.05) is 12.1 Å². The van der Waals surface area contributed by atoms with Crippen molar-refractivity contribution in [2.45, 2.75) is 45.4 Å². The normalized spacial score (nSPS) is 19.9. The first kappa shape index (κ1) is 16.0. The van der Waals surface area contributed by atoms with Crippen LogP contribution in [0.3, 0.4) is 0 Å². The molecule has 0 spiro atoms. The molecule has 0 amide bonds. The Bertz CT molecular complexity index is 505. The van der Waals surface area contributed by atoms with Crippen LogP contribution in [0.15, 0.2) is 24.3 Å². The maximum Gasteiger partial charge on any atom is 0.120 e. The van der Waals surface area contributed by atoms with Crippen molar-refractivity contribution in [3.05, 3.63) is 35.4 Å². The first-order chi connectivity index (χ1) is 9.96. The zero-order chi connectivity index (χ0) is 15.3. The van der Waals surface area contributed by atoms with Gasteiger partial charge >= 0.3 is 0 Å². The second-order valence-electron chi connectivity index (χ2n) is 6.14. The molecule has 1 N–H and O–H groups in total. The molecule has 1 atom stereocenters. The van der Waals surface area contributed by atoms with E-state index in [-0.39, 0.29) is 0 Å². The van der Waals surface area contributed by atoms with Crippen LogP contribution < -0.4 is 0 Å². The van der Waals surface area contributed by atoms with Crippen LogP contribution in [0.2, 0.25) is 0 Å². The lowest BCUT2D eigenvalue weighted by atomic mass is 10.1. The molecular weight excluding hydrogens is 262 g/mol. The van der Waals surface area contributed by atoms with E-state index in [4.69, 9.17) is 4.74 Å². The monoisotopic (exact) mass is 287 g/mol. The largest absolute Gasteiger partial charge is 0.378 e. The number of rotatable bonds is 3. The first-order valence-electron chi connectivity index (χ1n) is 7.65. The lowest BCUT2D eigenvalue weighted by molar-refractivity contribution is -0.0324. The van der Waals surface area contributed by atoms with E-state index in [2.05, 4.69) is 35.8 Å². The Morgan fingerprint density at radius 3 is 2.67 bits per heavy atom. The van der Waals surface area contributed by atoms with Gasteiger partial charge < -0.3 is 9.84 Å². The van der Waals surface area contributed by atoms with Crippen LogP contribution in [-0.2, 0) is 11.3 Å². The molecule has 0 aromatic heterocycles. The van der Waals surface area contributed by atoms with E-state index in [9.17, 15) is 5.11 Å². The lowest BCUT2D eigenvalue weighted by Crippen LogP contribution is -2.41. The van der Waals surface area contributed by atoms with E-state index < -0.39 is 5.60 Å². The van der Waals surface area contributed by atoms with Gasteiger partial charge in [0.2, 0.25) is 0 Å². The van der Waals surface area contributed by atoms with Gasteiger partial charge in [-0.05, 0) is 38.0 Å². The predicted molar refractivity (Wildman–Crippen MR) is 84.9 cm³/mol. The molecule has 0 aliphatic carbocycles. The summed E-state index contributed by atoms with van der Waals surface area (Å²) in [4.78, 5) is 2.44. The fourth-order valence-corrected chi connectivity index (χ4v) is 2.35. The molecular formula is C18H25NO2. The fourth-order valence-electron chi connectivity index (χ4n) is 2.35. The molecule has 0 bridgehead atoms. The standard InChI is InChI=1S/C18H25NO2/c1-4-17-14-19(11-12-21-17)13-16-7-5-15(6-8-16)9-10-18(2,3)20/h5-8,17,20H,4,11-14H2,1-3H3. The third kappa shape index (κ3) is 5.51. The van der Waals surface area contributed by atoms with Crippen molar-refractivity contribution < 1.29 is 9.84 Å². The molecule has 1 heterocycles. The zero-order valence-corrected chi connectivity index (χ0v) is 13.2. The Labute approximate surface area is 127 Å². The number of benzene rings is 1. The molecule has 1 aromatic carbocycles. The van der Waals surface area contributed by atoms with Gasteiger partial charge in [0.05, 0.1) is 12.7 Å². The Morgan fingerprint density at radius 1 is 1.33 bits per heavy atom. The van der Waals surface area contributed by atoms with Crippen molar-refractivity contribution in [3.8, 4) is 11.8 Å². The number of aliphatic hydroxyl groups is 1. The van der Waals surface area contributed by atoms with Gasteiger partial charge in [-0.2, -0.15) is 0 Å². The summed E-state index contributed by atoms with van der Waals surface area (Å²) in [6.45, 7) is 9.35. The molecule has 1 aromatic rings. The highest BCUT2D eigenvalue weighted by Crippen LogP contribution is 2.13. The summed E-state index contributed by atoms with van der Waals surface area (Å²) in [6, 6.07) is 8.27. The average Bonchev–Trinajstić information content (AvgIpc) is 2.46. The van der Waals surface area contributed by atoms with Gasteiger partial charge in [0.1, 0.15) is 5.60 Å². The van der Waals surface area contributed by atoms with Crippen LogP contribution in [0.1, 0.15) is 38.3 Å². The molecule has 3 heteroatoms. The minimum Gasteiger partial charge on any atom is -0.378 e. The number of hydrogen-bond donors (Lipinski definition) is 1. The number of morpholine rings is 1. The van der Waals surface area contributed by atoms with Gasteiger partial charge in [-0.3, -0.25) is 4.90 Å². The Morgan fingerprint density at radius 2 is 2.05 bits per heavy atom. The number of hydrogen-bond acceptors (Lipinski definition) is 3. The molecule has 1 saturated heterocycles. The summed E-state index contributed by atoms with van der Waals surface area (Å²) in [5.74, 6) is 5.83. The number of nitrogens with zero attached hydrogens (tertiary/aromatic N) is 1. The van der Waals surface area contributed by atoms with Crippen molar-refractivity contribution >= 4 is 0 Å². The molecule has 0 saturated carbocycles. The van der Waals surface area contributed by atoms with Gasteiger partial charge in [-0.15, -0.1) is 0 Å². The van der Waals surface area contributed by atoms with Crippen LogP contribution in [0.5, 0.6) is 0 Å². The van der Waals surface area contributed by atoms with Gasteiger partial charge in [0, 0.05) is 25.2 Å². The SMILES string of the molecule is CCC1CN(Cc2ccc(C#CC(C)(C)O)cc2)CCO1. The maximum atomic E-state index is 9.61. The quantitative estimate of drug-likeness (QED) is 0.867. The zero-order valence-electron chi connectivity index (χ0n) is 13.2. The summed E-state index contributed by atoms with van der Waals surface area (Å²) in [5.41, 5.74) is 1.29. The third-order valence-electron chi connectivity index (χ3n) is 3.55. The minimum atomic E-state index is -0.943. The molecule has 3 nitrogen and oxygen atoms in total.